The number of hydrogen-bond donors (Lipinski definition) is 1. The number of carbonyl (C=O) groups is 1. The summed E-state index contributed by atoms with van der Waals surface area (Å²) in [6, 6.07) is 0.540. The minimum absolute atomic E-state index is 0.290. The Morgan fingerprint density at radius 3 is 2.06 bits per heavy atom. The van der Waals surface area contributed by atoms with E-state index in [-0.39, 0.29) is 5.41 Å². The van der Waals surface area contributed by atoms with Crippen molar-refractivity contribution in [3.8, 4) is 0 Å². The smallest absolute Gasteiger partial charge is 0.119 e. The molecule has 0 rings (SSSR count). The number of hydrogen-bond acceptors (Lipinski definition) is 2. The van der Waals surface area contributed by atoms with Gasteiger partial charge < -0.3 is 10.1 Å². The molecule has 0 aromatic heterocycles. The van der Waals surface area contributed by atoms with Gasteiger partial charge in [0, 0.05) is 12.5 Å². The van der Waals surface area contributed by atoms with Crippen molar-refractivity contribution in [1.29, 1.82) is 0 Å². The molecule has 0 amide bonds. The molecular formula is C15H31NO. The third kappa shape index (κ3) is 9.34. The highest BCUT2D eigenvalue weighted by Gasteiger charge is 2.28. The average molecular weight is 241 g/mol. The third-order valence-electron chi connectivity index (χ3n) is 3.00. The van der Waals surface area contributed by atoms with Gasteiger partial charge in [-0.2, -0.15) is 0 Å². The van der Waals surface area contributed by atoms with E-state index in [1.54, 1.807) is 0 Å². The number of unbranched alkanes of at least 4 members (excludes halogenated alkanes) is 2. The Balaban J connectivity index is 4.09. The number of aldehydes is 1. The summed E-state index contributed by atoms with van der Waals surface area (Å²) in [7, 11) is 0. The second-order valence-corrected chi connectivity index (χ2v) is 7.30. The van der Waals surface area contributed by atoms with Crippen LogP contribution in [0.15, 0.2) is 0 Å². The van der Waals surface area contributed by atoms with Gasteiger partial charge in [0.05, 0.1) is 0 Å². The van der Waals surface area contributed by atoms with Crippen LogP contribution in [0.3, 0.4) is 0 Å². The van der Waals surface area contributed by atoms with Crippen LogP contribution in [-0.2, 0) is 4.79 Å². The van der Waals surface area contributed by atoms with E-state index in [1.165, 1.54) is 6.42 Å². The molecule has 17 heavy (non-hydrogen) atoms. The molecule has 102 valence electrons. The van der Waals surface area contributed by atoms with Crippen LogP contribution in [0, 0.1) is 10.8 Å². The van der Waals surface area contributed by atoms with Crippen molar-refractivity contribution < 1.29 is 4.79 Å². The zero-order valence-corrected chi connectivity index (χ0v) is 12.6. The van der Waals surface area contributed by atoms with Crippen LogP contribution in [0.1, 0.15) is 67.2 Å². The molecule has 0 aromatic rings. The molecule has 0 aromatic carbocycles. The fraction of sp³-hybridized carbons (Fsp3) is 0.933. The van der Waals surface area contributed by atoms with Gasteiger partial charge in [0.25, 0.3) is 0 Å². The first-order valence-electron chi connectivity index (χ1n) is 6.84. The molecule has 2 nitrogen and oxygen atoms in total. The first-order valence-corrected chi connectivity index (χ1v) is 6.84. The van der Waals surface area contributed by atoms with Gasteiger partial charge in [0.2, 0.25) is 0 Å². The van der Waals surface area contributed by atoms with Gasteiger partial charge in [-0.05, 0) is 36.6 Å². The molecular weight excluding hydrogens is 210 g/mol. The minimum atomic E-state index is 0.290. The van der Waals surface area contributed by atoms with Gasteiger partial charge in [-0.3, -0.25) is 0 Å². The molecule has 0 heterocycles. The van der Waals surface area contributed by atoms with E-state index in [2.05, 4.69) is 46.9 Å². The van der Waals surface area contributed by atoms with E-state index in [9.17, 15) is 4.79 Å². The Bertz CT molecular complexity index is 210. The topological polar surface area (TPSA) is 29.1 Å². The van der Waals surface area contributed by atoms with Crippen LogP contribution >= 0.6 is 0 Å². The number of nitrogens with one attached hydrogen (secondary N) is 1. The lowest BCUT2D eigenvalue weighted by atomic mass is 9.77. The summed E-state index contributed by atoms with van der Waals surface area (Å²) in [6.07, 6.45) is 4.99. The third-order valence-corrected chi connectivity index (χ3v) is 3.00. The SMILES string of the molecule is CC(C)(C)CC(NCCCCC=O)C(C)(C)C. The van der Waals surface area contributed by atoms with E-state index >= 15 is 0 Å². The molecule has 0 aliphatic carbocycles. The molecule has 1 N–H and O–H groups in total. The standard InChI is InChI=1S/C15H31NO/c1-14(2,3)12-13(15(4,5)6)16-10-8-7-9-11-17/h11,13,16H,7-10,12H2,1-6H3. The van der Waals surface area contributed by atoms with Crippen molar-refractivity contribution in [3.63, 3.8) is 0 Å². The second-order valence-electron chi connectivity index (χ2n) is 7.30. The maximum atomic E-state index is 10.2. The van der Waals surface area contributed by atoms with Crippen molar-refractivity contribution in [2.75, 3.05) is 6.54 Å². The van der Waals surface area contributed by atoms with E-state index in [0.29, 0.717) is 17.9 Å². The summed E-state index contributed by atoms with van der Waals surface area (Å²) >= 11 is 0. The molecule has 0 aliphatic rings. The Morgan fingerprint density at radius 2 is 1.65 bits per heavy atom. The van der Waals surface area contributed by atoms with Crippen LogP contribution in [0.4, 0.5) is 0 Å². The highest BCUT2D eigenvalue weighted by atomic mass is 16.1. The molecule has 1 atom stereocenters. The lowest BCUT2D eigenvalue weighted by molar-refractivity contribution is -0.107. The zero-order valence-electron chi connectivity index (χ0n) is 12.6. The van der Waals surface area contributed by atoms with Crippen molar-refractivity contribution in [3.05, 3.63) is 0 Å². The molecule has 0 aliphatic heterocycles. The van der Waals surface area contributed by atoms with E-state index < -0.39 is 0 Å². The lowest BCUT2D eigenvalue weighted by Gasteiger charge is -2.36. The van der Waals surface area contributed by atoms with Gasteiger partial charge in [-0.15, -0.1) is 0 Å². The molecule has 1 unspecified atom stereocenters. The van der Waals surface area contributed by atoms with E-state index in [0.717, 1.165) is 25.7 Å². The van der Waals surface area contributed by atoms with Crippen molar-refractivity contribution in [1.82, 2.24) is 5.32 Å². The summed E-state index contributed by atoms with van der Waals surface area (Å²) in [4.78, 5) is 10.2. The van der Waals surface area contributed by atoms with Crippen LogP contribution in [-0.4, -0.2) is 18.9 Å². The first kappa shape index (κ1) is 16.6. The fourth-order valence-corrected chi connectivity index (χ4v) is 1.93. The largest absolute Gasteiger partial charge is 0.313 e. The second kappa shape index (κ2) is 7.15. The van der Waals surface area contributed by atoms with E-state index in [4.69, 9.17) is 0 Å². The molecule has 0 spiro atoms. The predicted molar refractivity (Wildman–Crippen MR) is 75.2 cm³/mol. The lowest BCUT2D eigenvalue weighted by Crippen LogP contribution is -2.43. The number of carbonyl (C=O) groups excluding carboxylic acids is 1. The van der Waals surface area contributed by atoms with Crippen molar-refractivity contribution in [2.45, 2.75) is 73.3 Å². The summed E-state index contributed by atoms with van der Waals surface area (Å²) in [5, 5.41) is 3.66. The van der Waals surface area contributed by atoms with Gasteiger partial charge >= 0.3 is 0 Å². The van der Waals surface area contributed by atoms with Gasteiger partial charge in [-0.1, -0.05) is 41.5 Å². The highest BCUT2D eigenvalue weighted by Crippen LogP contribution is 2.30. The molecule has 0 saturated carbocycles. The van der Waals surface area contributed by atoms with E-state index in [1.807, 2.05) is 0 Å². The Kier molecular flexibility index (Phi) is 6.99. The molecule has 0 saturated heterocycles. The first-order chi connectivity index (χ1) is 7.67. The quantitative estimate of drug-likeness (QED) is 0.542. The summed E-state index contributed by atoms with van der Waals surface area (Å²) < 4.78 is 0. The average Bonchev–Trinajstić information content (AvgIpc) is 2.12. The Labute approximate surface area is 108 Å². The molecule has 2 heteroatoms. The normalized spacial score (nSPS) is 14.7. The molecule has 0 radical (unpaired) electrons. The predicted octanol–water partition coefficient (Wildman–Crippen LogP) is 3.80. The molecule has 0 bridgehead atoms. The maximum absolute atomic E-state index is 10.2. The fourth-order valence-electron chi connectivity index (χ4n) is 1.93. The van der Waals surface area contributed by atoms with Crippen LogP contribution in [0.2, 0.25) is 0 Å². The van der Waals surface area contributed by atoms with Crippen LogP contribution < -0.4 is 5.32 Å². The zero-order chi connectivity index (χ0) is 13.5. The monoisotopic (exact) mass is 241 g/mol. The van der Waals surface area contributed by atoms with Gasteiger partial charge in [0.1, 0.15) is 6.29 Å². The van der Waals surface area contributed by atoms with Gasteiger partial charge in [-0.25, -0.2) is 0 Å². The minimum Gasteiger partial charge on any atom is -0.313 e. The Hall–Kier alpha value is -0.370. The van der Waals surface area contributed by atoms with Crippen LogP contribution in [0.25, 0.3) is 0 Å². The number of rotatable bonds is 7. The van der Waals surface area contributed by atoms with Gasteiger partial charge in [0.15, 0.2) is 0 Å². The molecule has 0 fully saturated rings. The van der Waals surface area contributed by atoms with Crippen LogP contribution in [0.5, 0.6) is 0 Å². The highest BCUT2D eigenvalue weighted by molar-refractivity contribution is 5.48. The summed E-state index contributed by atoms with van der Waals surface area (Å²) in [6.45, 7) is 14.8. The maximum Gasteiger partial charge on any atom is 0.119 e. The summed E-state index contributed by atoms with van der Waals surface area (Å²) in [5.41, 5.74) is 0.645. The summed E-state index contributed by atoms with van der Waals surface area (Å²) in [5.74, 6) is 0. The van der Waals surface area contributed by atoms with Crippen molar-refractivity contribution in [2.24, 2.45) is 10.8 Å². The Morgan fingerprint density at radius 1 is 1.06 bits per heavy atom. The van der Waals surface area contributed by atoms with Crippen molar-refractivity contribution >= 4 is 6.29 Å².